The molecule has 1 saturated heterocycles. The van der Waals surface area contributed by atoms with Crippen molar-refractivity contribution < 1.29 is 19.2 Å². The van der Waals surface area contributed by atoms with E-state index in [2.05, 4.69) is 10.5 Å². The Morgan fingerprint density at radius 3 is 3.12 bits per heavy atom. The van der Waals surface area contributed by atoms with Gasteiger partial charge < -0.3 is 19.7 Å². The lowest BCUT2D eigenvalue weighted by molar-refractivity contribution is -0.149. The van der Waals surface area contributed by atoms with Gasteiger partial charge in [0.15, 0.2) is 6.10 Å². The Morgan fingerprint density at radius 2 is 2.50 bits per heavy atom. The monoisotopic (exact) mass is 226 g/mol. The van der Waals surface area contributed by atoms with Crippen LogP contribution < -0.4 is 5.32 Å². The highest BCUT2D eigenvalue weighted by atomic mass is 16.5. The highest BCUT2D eigenvalue weighted by Gasteiger charge is 2.29. The normalized spacial score (nSPS) is 24.8. The number of carboxylic acids is 1. The van der Waals surface area contributed by atoms with Crippen LogP contribution in [0.3, 0.4) is 0 Å². The second-order valence-electron chi connectivity index (χ2n) is 3.77. The van der Waals surface area contributed by atoms with Crippen LogP contribution >= 0.6 is 0 Å². The molecule has 0 aliphatic carbocycles. The first kappa shape index (κ1) is 11.1. The van der Waals surface area contributed by atoms with Crippen molar-refractivity contribution in [3.63, 3.8) is 0 Å². The minimum atomic E-state index is -0.877. The van der Waals surface area contributed by atoms with Gasteiger partial charge in [-0.2, -0.15) is 0 Å². The van der Waals surface area contributed by atoms with E-state index in [9.17, 15) is 4.79 Å². The first-order valence-corrected chi connectivity index (χ1v) is 5.24. The zero-order valence-electron chi connectivity index (χ0n) is 8.76. The Kier molecular flexibility index (Phi) is 3.53. The van der Waals surface area contributed by atoms with Gasteiger partial charge in [-0.1, -0.05) is 5.16 Å². The first-order chi connectivity index (χ1) is 7.75. The topological polar surface area (TPSA) is 84.6 Å². The molecule has 1 aliphatic heterocycles. The number of ether oxygens (including phenoxy) is 1. The third-order valence-corrected chi connectivity index (χ3v) is 2.55. The summed E-state index contributed by atoms with van der Waals surface area (Å²) in [7, 11) is 0. The fourth-order valence-corrected chi connectivity index (χ4v) is 1.73. The second-order valence-corrected chi connectivity index (χ2v) is 3.77. The summed E-state index contributed by atoms with van der Waals surface area (Å²) in [5.74, 6) is -0.120. The van der Waals surface area contributed by atoms with Crippen LogP contribution in [0.2, 0.25) is 0 Å². The molecule has 2 N–H and O–H groups in total. The first-order valence-electron chi connectivity index (χ1n) is 5.24. The summed E-state index contributed by atoms with van der Waals surface area (Å²) in [5, 5.41) is 15.5. The molecule has 6 nitrogen and oxygen atoms in total. The number of hydrogen-bond donors (Lipinski definition) is 2. The zero-order valence-corrected chi connectivity index (χ0v) is 8.76. The van der Waals surface area contributed by atoms with Crippen molar-refractivity contribution in [3.05, 3.63) is 18.0 Å². The number of aliphatic carboxylic acids is 1. The maximum atomic E-state index is 10.6. The molecule has 1 aliphatic rings. The van der Waals surface area contributed by atoms with Crippen molar-refractivity contribution in [1.29, 1.82) is 0 Å². The summed E-state index contributed by atoms with van der Waals surface area (Å²) in [6.07, 6.45) is 2.29. The molecule has 0 aromatic carbocycles. The molecule has 6 heteroatoms. The Balaban J connectivity index is 1.66. The fourth-order valence-electron chi connectivity index (χ4n) is 1.73. The van der Waals surface area contributed by atoms with Gasteiger partial charge in [-0.05, 0) is 12.8 Å². The molecule has 2 atom stereocenters. The fraction of sp³-hybridized carbons (Fsp3) is 0.600. The van der Waals surface area contributed by atoms with Crippen molar-refractivity contribution in [2.45, 2.75) is 31.6 Å². The average molecular weight is 226 g/mol. The second kappa shape index (κ2) is 5.09. The predicted molar refractivity (Wildman–Crippen MR) is 53.7 cm³/mol. The molecular weight excluding hydrogens is 212 g/mol. The van der Waals surface area contributed by atoms with E-state index < -0.39 is 12.1 Å². The van der Waals surface area contributed by atoms with Crippen LogP contribution in [0.4, 0.5) is 0 Å². The van der Waals surface area contributed by atoms with Crippen LogP contribution in [-0.4, -0.2) is 35.0 Å². The van der Waals surface area contributed by atoms with Crippen LogP contribution in [0.15, 0.2) is 16.8 Å². The lowest BCUT2D eigenvalue weighted by Crippen LogP contribution is -2.28. The van der Waals surface area contributed by atoms with Crippen molar-refractivity contribution in [3.8, 4) is 0 Å². The van der Waals surface area contributed by atoms with Crippen LogP contribution in [-0.2, 0) is 16.1 Å². The van der Waals surface area contributed by atoms with Crippen LogP contribution in [0, 0.1) is 0 Å². The molecule has 0 radical (unpaired) electrons. The summed E-state index contributed by atoms with van der Waals surface area (Å²) in [4.78, 5) is 10.6. The average Bonchev–Trinajstić information content (AvgIpc) is 2.87. The molecule has 2 rings (SSSR count). The molecular formula is C10H14N2O4. The maximum absolute atomic E-state index is 10.6. The number of carbonyl (C=O) groups is 1. The molecule has 1 fully saturated rings. The zero-order chi connectivity index (χ0) is 11.4. The van der Waals surface area contributed by atoms with Gasteiger partial charge in [0.1, 0.15) is 5.76 Å². The Labute approximate surface area is 92.6 Å². The van der Waals surface area contributed by atoms with E-state index in [4.69, 9.17) is 14.4 Å². The molecule has 1 aromatic rings. The largest absolute Gasteiger partial charge is 0.479 e. The Hall–Kier alpha value is -1.40. The minimum Gasteiger partial charge on any atom is -0.479 e. The molecule has 1 aromatic heterocycles. The van der Waals surface area contributed by atoms with Gasteiger partial charge in [-0.3, -0.25) is 0 Å². The predicted octanol–water partition coefficient (Wildman–Crippen LogP) is 0.396. The summed E-state index contributed by atoms with van der Waals surface area (Å²) in [6, 6.07) is 1.78. The number of nitrogens with zero attached hydrogens (tertiary/aromatic N) is 1. The molecule has 2 heterocycles. The highest BCUT2D eigenvalue weighted by Crippen LogP contribution is 2.19. The molecule has 16 heavy (non-hydrogen) atoms. The van der Waals surface area contributed by atoms with E-state index in [0.29, 0.717) is 19.5 Å². The van der Waals surface area contributed by atoms with Gasteiger partial charge in [0.25, 0.3) is 0 Å². The van der Waals surface area contributed by atoms with E-state index in [-0.39, 0.29) is 6.10 Å². The summed E-state index contributed by atoms with van der Waals surface area (Å²) in [6.45, 7) is 1.21. The molecule has 88 valence electrons. The molecule has 0 bridgehead atoms. The van der Waals surface area contributed by atoms with Crippen LogP contribution in [0.1, 0.15) is 18.6 Å². The lowest BCUT2D eigenvalue weighted by Gasteiger charge is -2.11. The Bertz CT molecular complexity index is 339. The molecule has 0 spiro atoms. The number of carboxylic acid groups (broad SMARTS) is 1. The van der Waals surface area contributed by atoms with Crippen molar-refractivity contribution in [2.75, 3.05) is 6.54 Å². The lowest BCUT2D eigenvalue weighted by atomic mass is 10.2. The number of nitrogens with one attached hydrogen (secondary N) is 1. The summed E-state index contributed by atoms with van der Waals surface area (Å²) < 4.78 is 10.2. The highest BCUT2D eigenvalue weighted by molar-refractivity contribution is 5.72. The van der Waals surface area contributed by atoms with E-state index >= 15 is 0 Å². The summed E-state index contributed by atoms with van der Waals surface area (Å²) in [5.41, 5.74) is 0. The molecule has 2 unspecified atom stereocenters. The van der Waals surface area contributed by atoms with Crippen LogP contribution in [0.5, 0.6) is 0 Å². The van der Waals surface area contributed by atoms with Gasteiger partial charge in [-0.15, -0.1) is 0 Å². The third-order valence-electron chi connectivity index (χ3n) is 2.55. The van der Waals surface area contributed by atoms with E-state index in [1.165, 1.54) is 0 Å². The number of rotatable bonds is 5. The van der Waals surface area contributed by atoms with Crippen LogP contribution in [0.25, 0.3) is 0 Å². The summed E-state index contributed by atoms with van der Waals surface area (Å²) >= 11 is 0. The van der Waals surface area contributed by atoms with Gasteiger partial charge in [0.2, 0.25) is 0 Å². The van der Waals surface area contributed by atoms with Crippen molar-refractivity contribution in [1.82, 2.24) is 10.5 Å². The van der Waals surface area contributed by atoms with Gasteiger partial charge in [-0.25, -0.2) is 4.79 Å². The van der Waals surface area contributed by atoms with Gasteiger partial charge >= 0.3 is 5.97 Å². The smallest absolute Gasteiger partial charge is 0.332 e. The Morgan fingerprint density at radius 1 is 1.62 bits per heavy atom. The standard InChI is InChI=1S/C10H14N2O4/c13-10(14)9-2-1-7(15-9)5-11-6-8-3-4-12-16-8/h3-4,7,9,11H,1-2,5-6H2,(H,13,14). The van der Waals surface area contributed by atoms with Gasteiger partial charge in [0.05, 0.1) is 18.8 Å². The van der Waals surface area contributed by atoms with E-state index in [1.54, 1.807) is 12.3 Å². The van der Waals surface area contributed by atoms with Crippen molar-refractivity contribution in [2.24, 2.45) is 0 Å². The van der Waals surface area contributed by atoms with Gasteiger partial charge in [0, 0.05) is 12.6 Å². The number of hydrogen-bond acceptors (Lipinski definition) is 5. The molecule has 0 saturated carbocycles. The quantitative estimate of drug-likeness (QED) is 0.755. The van der Waals surface area contributed by atoms with E-state index in [0.717, 1.165) is 12.2 Å². The third kappa shape index (κ3) is 2.80. The number of aromatic nitrogens is 1. The molecule has 0 amide bonds. The van der Waals surface area contributed by atoms with Crippen molar-refractivity contribution >= 4 is 5.97 Å². The minimum absolute atomic E-state index is 0.0241. The SMILES string of the molecule is O=C(O)C1CCC(CNCc2ccno2)O1. The maximum Gasteiger partial charge on any atom is 0.332 e. The van der Waals surface area contributed by atoms with E-state index in [1.807, 2.05) is 0 Å².